The van der Waals surface area contributed by atoms with E-state index in [4.69, 9.17) is 0 Å². The standard InChI is InChI=1S/C11H15N5O2/c1-6-5-7(17)16-10(12-6)14-9(15-16)13-8(18)11(2,3)4/h5H,1-4H3,(H2,12,13,14,15,18). The summed E-state index contributed by atoms with van der Waals surface area (Å²) in [6.45, 7) is 7.09. The fourth-order valence-corrected chi connectivity index (χ4v) is 1.34. The SMILES string of the molecule is Cc1cc(=O)n2[nH]c(NC(=O)C(C)(C)C)nc2n1. The second-order valence-corrected chi connectivity index (χ2v) is 5.15. The molecule has 0 radical (unpaired) electrons. The molecule has 0 bridgehead atoms. The number of rotatable bonds is 1. The van der Waals surface area contributed by atoms with Crippen LogP contribution in [0.4, 0.5) is 5.95 Å². The molecule has 7 heteroatoms. The molecule has 0 atom stereocenters. The lowest BCUT2D eigenvalue weighted by atomic mass is 9.96. The summed E-state index contributed by atoms with van der Waals surface area (Å²) in [5.74, 6) is 0.265. The second-order valence-electron chi connectivity index (χ2n) is 5.15. The van der Waals surface area contributed by atoms with E-state index in [1.807, 2.05) is 0 Å². The number of fused-ring (bicyclic) bond motifs is 1. The molecule has 0 saturated heterocycles. The third-order valence-corrected chi connectivity index (χ3v) is 2.37. The molecule has 0 saturated carbocycles. The molecule has 2 N–H and O–H groups in total. The average molecular weight is 249 g/mol. The van der Waals surface area contributed by atoms with E-state index in [9.17, 15) is 9.59 Å². The van der Waals surface area contributed by atoms with Crippen molar-refractivity contribution >= 4 is 17.6 Å². The van der Waals surface area contributed by atoms with Crippen LogP contribution in [-0.2, 0) is 4.79 Å². The number of nitrogens with zero attached hydrogens (tertiary/aromatic N) is 3. The third-order valence-electron chi connectivity index (χ3n) is 2.37. The normalized spacial score (nSPS) is 11.8. The fourth-order valence-electron chi connectivity index (χ4n) is 1.34. The van der Waals surface area contributed by atoms with Crippen molar-refractivity contribution in [3.05, 3.63) is 22.1 Å². The van der Waals surface area contributed by atoms with Gasteiger partial charge in [-0.15, -0.1) is 0 Å². The summed E-state index contributed by atoms with van der Waals surface area (Å²) in [5, 5.41) is 5.31. The van der Waals surface area contributed by atoms with Crippen LogP contribution in [0.15, 0.2) is 10.9 Å². The Morgan fingerprint density at radius 2 is 2.06 bits per heavy atom. The number of amides is 1. The lowest BCUT2D eigenvalue weighted by molar-refractivity contribution is -0.123. The predicted octanol–water partition coefficient (Wildman–Crippen LogP) is 0.711. The van der Waals surface area contributed by atoms with Crippen LogP contribution in [0.5, 0.6) is 0 Å². The lowest BCUT2D eigenvalue weighted by Gasteiger charge is -2.15. The van der Waals surface area contributed by atoms with Gasteiger partial charge in [0.25, 0.3) is 11.3 Å². The molecule has 7 nitrogen and oxygen atoms in total. The summed E-state index contributed by atoms with van der Waals surface area (Å²) in [6.07, 6.45) is 0. The Morgan fingerprint density at radius 1 is 1.39 bits per heavy atom. The van der Waals surface area contributed by atoms with Crippen LogP contribution >= 0.6 is 0 Å². The van der Waals surface area contributed by atoms with Crippen LogP contribution in [0.3, 0.4) is 0 Å². The number of aryl methyl sites for hydroxylation is 1. The topological polar surface area (TPSA) is 92.2 Å². The van der Waals surface area contributed by atoms with Crippen LogP contribution in [0.25, 0.3) is 5.78 Å². The fraction of sp³-hybridized carbons (Fsp3) is 0.455. The number of carbonyl (C=O) groups excluding carboxylic acids is 1. The van der Waals surface area contributed by atoms with Gasteiger partial charge in [0, 0.05) is 17.2 Å². The second kappa shape index (κ2) is 3.94. The van der Waals surface area contributed by atoms with E-state index in [0.717, 1.165) is 0 Å². The van der Waals surface area contributed by atoms with Crippen molar-refractivity contribution < 1.29 is 4.79 Å². The van der Waals surface area contributed by atoms with Crippen LogP contribution in [0.2, 0.25) is 0 Å². The molecule has 0 fully saturated rings. The van der Waals surface area contributed by atoms with Crippen molar-refractivity contribution in [2.45, 2.75) is 27.7 Å². The molecule has 2 aromatic rings. The van der Waals surface area contributed by atoms with Gasteiger partial charge in [-0.1, -0.05) is 20.8 Å². The largest absolute Gasteiger partial charge is 0.294 e. The van der Waals surface area contributed by atoms with Crippen molar-refractivity contribution in [2.75, 3.05) is 5.32 Å². The van der Waals surface area contributed by atoms with Gasteiger partial charge in [-0.2, -0.15) is 9.50 Å². The van der Waals surface area contributed by atoms with Gasteiger partial charge in [-0.25, -0.2) is 4.98 Å². The molecule has 1 amide bonds. The van der Waals surface area contributed by atoms with Gasteiger partial charge in [0.15, 0.2) is 0 Å². The molecular weight excluding hydrogens is 234 g/mol. The monoisotopic (exact) mass is 249 g/mol. The molecule has 0 aliphatic heterocycles. The minimum absolute atomic E-state index is 0.189. The maximum atomic E-state index is 11.8. The lowest BCUT2D eigenvalue weighted by Crippen LogP contribution is -2.28. The summed E-state index contributed by atoms with van der Waals surface area (Å²) in [4.78, 5) is 31.6. The summed E-state index contributed by atoms with van der Waals surface area (Å²) in [6, 6.07) is 1.39. The number of aromatic amines is 1. The zero-order valence-electron chi connectivity index (χ0n) is 10.7. The van der Waals surface area contributed by atoms with E-state index in [1.165, 1.54) is 10.6 Å². The summed E-state index contributed by atoms with van der Waals surface area (Å²) >= 11 is 0. The van der Waals surface area contributed by atoms with Crippen molar-refractivity contribution in [3.8, 4) is 0 Å². The number of carbonyl (C=O) groups is 1. The number of hydrogen-bond acceptors (Lipinski definition) is 4. The molecule has 0 aliphatic rings. The van der Waals surface area contributed by atoms with E-state index < -0.39 is 5.41 Å². The molecule has 0 unspecified atom stereocenters. The smallest absolute Gasteiger partial charge is 0.274 e. The highest BCUT2D eigenvalue weighted by molar-refractivity contribution is 5.93. The number of anilines is 1. The molecule has 0 aliphatic carbocycles. The first-order valence-electron chi connectivity index (χ1n) is 5.55. The molecule has 96 valence electrons. The number of aromatic nitrogens is 4. The van der Waals surface area contributed by atoms with Crippen molar-refractivity contribution in [1.82, 2.24) is 19.6 Å². The molecule has 2 rings (SSSR count). The van der Waals surface area contributed by atoms with Gasteiger partial charge >= 0.3 is 0 Å². The highest BCUT2D eigenvalue weighted by Crippen LogP contribution is 2.15. The van der Waals surface area contributed by atoms with Gasteiger partial charge in [0.2, 0.25) is 11.9 Å². The maximum Gasteiger partial charge on any atom is 0.274 e. The van der Waals surface area contributed by atoms with E-state index >= 15 is 0 Å². The van der Waals surface area contributed by atoms with Crippen LogP contribution < -0.4 is 10.9 Å². The van der Waals surface area contributed by atoms with Gasteiger partial charge in [0.05, 0.1) is 0 Å². The maximum absolute atomic E-state index is 11.8. The minimum atomic E-state index is -0.534. The first kappa shape index (κ1) is 12.3. The van der Waals surface area contributed by atoms with E-state index in [0.29, 0.717) is 5.69 Å². The quantitative estimate of drug-likeness (QED) is 0.778. The van der Waals surface area contributed by atoms with Gasteiger partial charge in [-0.3, -0.25) is 20.0 Å². The molecule has 2 aromatic heterocycles. The molecule has 0 spiro atoms. The van der Waals surface area contributed by atoms with E-state index in [-0.39, 0.29) is 23.2 Å². The van der Waals surface area contributed by atoms with E-state index in [2.05, 4.69) is 20.4 Å². The Balaban J connectivity index is 2.40. The van der Waals surface area contributed by atoms with Crippen LogP contribution in [-0.4, -0.2) is 25.5 Å². The Labute approximate surface area is 103 Å². The Hall–Kier alpha value is -2.18. The van der Waals surface area contributed by atoms with Crippen molar-refractivity contribution in [3.63, 3.8) is 0 Å². The third kappa shape index (κ3) is 2.24. The zero-order valence-corrected chi connectivity index (χ0v) is 10.7. The number of hydrogen-bond donors (Lipinski definition) is 2. The first-order chi connectivity index (χ1) is 8.27. The van der Waals surface area contributed by atoms with Gasteiger partial charge < -0.3 is 0 Å². The molecular formula is C11H15N5O2. The highest BCUT2D eigenvalue weighted by atomic mass is 16.2. The minimum Gasteiger partial charge on any atom is -0.294 e. The highest BCUT2D eigenvalue weighted by Gasteiger charge is 2.22. The Morgan fingerprint density at radius 3 is 2.67 bits per heavy atom. The number of H-pyrrole nitrogens is 1. The summed E-state index contributed by atoms with van der Waals surface area (Å²) < 4.78 is 1.19. The van der Waals surface area contributed by atoms with Gasteiger partial charge in [-0.05, 0) is 6.92 Å². The summed E-state index contributed by atoms with van der Waals surface area (Å²) in [5.41, 5.74) is -0.214. The Bertz CT molecular complexity index is 662. The number of nitrogens with one attached hydrogen (secondary N) is 2. The first-order valence-corrected chi connectivity index (χ1v) is 5.55. The van der Waals surface area contributed by atoms with E-state index in [1.54, 1.807) is 27.7 Å². The molecule has 2 heterocycles. The zero-order chi connectivity index (χ0) is 13.5. The molecule has 18 heavy (non-hydrogen) atoms. The van der Waals surface area contributed by atoms with Crippen LogP contribution in [0, 0.1) is 12.3 Å². The van der Waals surface area contributed by atoms with Gasteiger partial charge in [0.1, 0.15) is 0 Å². The molecule has 0 aromatic carbocycles. The Kier molecular flexibility index (Phi) is 2.68. The van der Waals surface area contributed by atoms with Crippen molar-refractivity contribution in [1.29, 1.82) is 0 Å². The predicted molar refractivity (Wildman–Crippen MR) is 66.4 cm³/mol. The summed E-state index contributed by atoms with van der Waals surface area (Å²) in [7, 11) is 0. The average Bonchev–Trinajstić information content (AvgIpc) is 2.58. The van der Waals surface area contributed by atoms with Crippen LogP contribution in [0.1, 0.15) is 26.5 Å². The van der Waals surface area contributed by atoms with Crippen molar-refractivity contribution in [2.24, 2.45) is 5.41 Å².